The Labute approximate surface area is 163 Å². The Morgan fingerprint density at radius 3 is 2.68 bits per heavy atom. The maximum Gasteiger partial charge on any atom is 0.335 e. The van der Waals surface area contributed by atoms with Crippen LogP contribution in [0.3, 0.4) is 0 Å². The summed E-state index contributed by atoms with van der Waals surface area (Å²) in [6, 6.07) is 12.1. The zero-order chi connectivity index (χ0) is 19.7. The SMILES string of the molecule is CCn1c(CN2CCC(c3cccc(F)c3)CC2)nc2cc(C(=O)O)ccc21. The molecule has 1 fully saturated rings. The van der Waals surface area contributed by atoms with Crippen molar-refractivity contribution in [3.8, 4) is 0 Å². The number of imidazole rings is 1. The summed E-state index contributed by atoms with van der Waals surface area (Å²) < 4.78 is 15.6. The van der Waals surface area contributed by atoms with Gasteiger partial charge in [-0.2, -0.15) is 0 Å². The van der Waals surface area contributed by atoms with Crippen LogP contribution in [0.1, 0.15) is 47.4 Å². The number of nitrogens with zero attached hydrogens (tertiary/aromatic N) is 3. The van der Waals surface area contributed by atoms with Crippen LogP contribution in [0.4, 0.5) is 4.39 Å². The molecule has 4 rings (SSSR count). The number of hydrogen-bond donors (Lipinski definition) is 1. The van der Waals surface area contributed by atoms with Crippen LogP contribution in [-0.4, -0.2) is 38.6 Å². The van der Waals surface area contributed by atoms with E-state index >= 15 is 0 Å². The van der Waals surface area contributed by atoms with Crippen LogP contribution in [0.25, 0.3) is 11.0 Å². The summed E-state index contributed by atoms with van der Waals surface area (Å²) in [4.78, 5) is 18.3. The number of likely N-dealkylation sites (tertiary alicyclic amines) is 1. The van der Waals surface area contributed by atoms with E-state index in [1.165, 1.54) is 6.07 Å². The molecule has 1 N–H and O–H groups in total. The first-order chi connectivity index (χ1) is 13.5. The van der Waals surface area contributed by atoms with Crippen molar-refractivity contribution >= 4 is 17.0 Å². The summed E-state index contributed by atoms with van der Waals surface area (Å²) in [6.07, 6.45) is 2.00. The summed E-state index contributed by atoms with van der Waals surface area (Å²) in [5.74, 6) is 0.255. The van der Waals surface area contributed by atoms with Crippen molar-refractivity contribution in [1.29, 1.82) is 0 Å². The summed E-state index contributed by atoms with van der Waals surface area (Å²) in [5.41, 5.74) is 3.04. The maximum atomic E-state index is 13.5. The van der Waals surface area contributed by atoms with E-state index < -0.39 is 5.97 Å². The molecule has 1 saturated heterocycles. The fourth-order valence-corrected chi connectivity index (χ4v) is 4.17. The van der Waals surface area contributed by atoms with E-state index in [9.17, 15) is 14.3 Å². The molecule has 1 aliphatic rings. The normalized spacial score (nSPS) is 15.9. The Hall–Kier alpha value is -2.73. The number of fused-ring (bicyclic) bond motifs is 1. The number of carbonyl (C=O) groups is 1. The standard InChI is InChI=1S/C22H24FN3O2/c1-2-26-20-7-6-17(22(27)28)13-19(20)24-21(26)14-25-10-8-15(9-11-25)16-4-3-5-18(23)12-16/h3-7,12-13,15H,2,8-11,14H2,1H3,(H,27,28). The third kappa shape index (κ3) is 3.64. The number of benzene rings is 2. The quantitative estimate of drug-likeness (QED) is 0.717. The van der Waals surface area contributed by atoms with E-state index in [1.54, 1.807) is 24.3 Å². The van der Waals surface area contributed by atoms with Gasteiger partial charge >= 0.3 is 5.97 Å². The first-order valence-electron chi connectivity index (χ1n) is 9.75. The van der Waals surface area contributed by atoms with Gasteiger partial charge in [0.25, 0.3) is 0 Å². The average Bonchev–Trinajstić information content (AvgIpc) is 3.04. The van der Waals surface area contributed by atoms with E-state index in [-0.39, 0.29) is 11.4 Å². The second-order valence-electron chi connectivity index (χ2n) is 7.39. The van der Waals surface area contributed by atoms with E-state index in [0.717, 1.165) is 61.4 Å². The minimum Gasteiger partial charge on any atom is -0.478 e. The van der Waals surface area contributed by atoms with Gasteiger partial charge in [-0.3, -0.25) is 4.90 Å². The highest BCUT2D eigenvalue weighted by Gasteiger charge is 2.22. The molecule has 3 aromatic rings. The van der Waals surface area contributed by atoms with Gasteiger partial charge in [0.1, 0.15) is 11.6 Å². The van der Waals surface area contributed by atoms with Gasteiger partial charge in [0.2, 0.25) is 0 Å². The predicted octanol–water partition coefficient (Wildman–Crippen LogP) is 4.27. The molecule has 0 unspecified atom stereocenters. The molecule has 0 saturated carbocycles. The van der Waals surface area contributed by atoms with E-state index in [4.69, 9.17) is 4.98 Å². The van der Waals surface area contributed by atoms with Gasteiger partial charge in [-0.25, -0.2) is 14.2 Å². The Balaban J connectivity index is 1.49. The summed E-state index contributed by atoms with van der Waals surface area (Å²) in [5, 5.41) is 9.21. The topological polar surface area (TPSA) is 58.4 Å². The molecule has 0 aliphatic carbocycles. The summed E-state index contributed by atoms with van der Waals surface area (Å²) >= 11 is 0. The van der Waals surface area contributed by atoms with Crippen LogP contribution in [0.2, 0.25) is 0 Å². The van der Waals surface area contributed by atoms with Crippen molar-refractivity contribution in [3.63, 3.8) is 0 Å². The minimum atomic E-state index is -0.936. The third-order valence-corrected chi connectivity index (χ3v) is 5.66. The lowest BCUT2D eigenvalue weighted by Crippen LogP contribution is -2.33. The molecule has 0 amide bonds. The van der Waals surface area contributed by atoms with Gasteiger partial charge in [-0.05, 0) is 74.7 Å². The molecule has 0 radical (unpaired) electrons. The molecule has 0 bridgehead atoms. The van der Waals surface area contributed by atoms with Gasteiger partial charge in [0.05, 0.1) is 23.1 Å². The lowest BCUT2D eigenvalue weighted by Gasteiger charge is -2.32. The number of halogens is 1. The first-order valence-corrected chi connectivity index (χ1v) is 9.75. The fourth-order valence-electron chi connectivity index (χ4n) is 4.17. The first kappa shape index (κ1) is 18.6. The number of aromatic carboxylic acids is 1. The van der Waals surface area contributed by atoms with Crippen LogP contribution in [0, 0.1) is 5.82 Å². The smallest absolute Gasteiger partial charge is 0.335 e. The van der Waals surface area contributed by atoms with Crippen molar-refractivity contribution < 1.29 is 14.3 Å². The second kappa shape index (κ2) is 7.72. The van der Waals surface area contributed by atoms with E-state index in [2.05, 4.69) is 16.4 Å². The number of rotatable bonds is 5. The molecular weight excluding hydrogens is 357 g/mol. The second-order valence-corrected chi connectivity index (χ2v) is 7.39. The Morgan fingerprint density at radius 2 is 2.00 bits per heavy atom. The Kier molecular flexibility index (Phi) is 5.13. The molecular formula is C22H24FN3O2. The van der Waals surface area contributed by atoms with Gasteiger partial charge in [-0.1, -0.05) is 12.1 Å². The molecule has 28 heavy (non-hydrogen) atoms. The molecule has 146 valence electrons. The number of carboxylic acids is 1. The molecule has 0 spiro atoms. The van der Waals surface area contributed by atoms with Crippen molar-refractivity contribution in [3.05, 3.63) is 65.2 Å². The van der Waals surface area contributed by atoms with Crippen LogP contribution in [0.15, 0.2) is 42.5 Å². The highest BCUT2D eigenvalue weighted by atomic mass is 19.1. The molecule has 0 atom stereocenters. The van der Waals surface area contributed by atoms with Crippen LogP contribution < -0.4 is 0 Å². The number of aryl methyl sites for hydroxylation is 1. The molecule has 2 aromatic carbocycles. The Bertz CT molecular complexity index is 1010. The van der Waals surface area contributed by atoms with Crippen molar-refractivity contribution in [2.75, 3.05) is 13.1 Å². The maximum absolute atomic E-state index is 13.5. The van der Waals surface area contributed by atoms with Crippen LogP contribution >= 0.6 is 0 Å². The summed E-state index contributed by atoms with van der Waals surface area (Å²) in [7, 11) is 0. The van der Waals surface area contributed by atoms with Gasteiger partial charge in [0, 0.05) is 6.54 Å². The van der Waals surface area contributed by atoms with E-state index in [1.807, 2.05) is 12.1 Å². The van der Waals surface area contributed by atoms with Crippen LogP contribution in [-0.2, 0) is 13.1 Å². The van der Waals surface area contributed by atoms with Gasteiger partial charge < -0.3 is 9.67 Å². The van der Waals surface area contributed by atoms with Crippen molar-refractivity contribution in [2.45, 2.75) is 38.8 Å². The third-order valence-electron chi connectivity index (χ3n) is 5.66. The van der Waals surface area contributed by atoms with Crippen LogP contribution in [0.5, 0.6) is 0 Å². The number of hydrogen-bond acceptors (Lipinski definition) is 3. The Morgan fingerprint density at radius 1 is 1.21 bits per heavy atom. The minimum absolute atomic E-state index is 0.169. The zero-order valence-corrected chi connectivity index (χ0v) is 15.9. The van der Waals surface area contributed by atoms with Crippen molar-refractivity contribution in [2.24, 2.45) is 0 Å². The number of aromatic nitrogens is 2. The molecule has 1 aliphatic heterocycles. The lowest BCUT2D eigenvalue weighted by atomic mass is 9.89. The molecule has 1 aromatic heterocycles. The van der Waals surface area contributed by atoms with E-state index in [0.29, 0.717) is 5.92 Å². The fraction of sp³-hybridized carbons (Fsp3) is 0.364. The molecule has 6 heteroatoms. The van der Waals surface area contributed by atoms with Crippen molar-refractivity contribution in [1.82, 2.24) is 14.5 Å². The van der Waals surface area contributed by atoms with Gasteiger partial charge in [0.15, 0.2) is 0 Å². The largest absolute Gasteiger partial charge is 0.478 e. The monoisotopic (exact) mass is 381 g/mol. The number of carboxylic acid groups (broad SMARTS) is 1. The lowest BCUT2D eigenvalue weighted by molar-refractivity contribution is 0.0697. The number of piperidine rings is 1. The molecule has 2 heterocycles. The average molecular weight is 381 g/mol. The highest BCUT2D eigenvalue weighted by molar-refractivity contribution is 5.92. The van der Waals surface area contributed by atoms with Gasteiger partial charge in [-0.15, -0.1) is 0 Å². The highest BCUT2D eigenvalue weighted by Crippen LogP contribution is 2.29. The predicted molar refractivity (Wildman–Crippen MR) is 106 cm³/mol. The zero-order valence-electron chi connectivity index (χ0n) is 15.9. The molecule has 5 nitrogen and oxygen atoms in total. The summed E-state index contributed by atoms with van der Waals surface area (Å²) in [6.45, 7) is 5.48.